The number of carboxylic acid groups (broad SMARTS) is 1. The molecular formula is C12H25NO3. The van der Waals surface area contributed by atoms with Crippen molar-refractivity contribution in [2.45, 2.75) is 45.6 Å². The molecule has 96 valence electrons. The second kappa shape index (κ2) is 9.60. The van der Waals surface area contributed by atoms with Gasteiger partial charge in [-0.15, -0.1) is 0 Å². The van der Waals surface area contributed by atoms with Crippen LogP contribution in [-0.4, -0.2) is 48.8 Å². The van der Waals surface area contributed by atoms with Crippen LogP contribution in [-0.2, 0) is 9.53 Å². The van der Waals surface area contributed by atoms with Gasteiger partial charge in [0.2, 0.25) is 0 Å². The summed E-state index contributed by atoms with van der Waals surface area (Å²) in [4.78, 5) is 13.3. The normalized spacial score (nSPS) is 13.0. The first-order chi connectivity index (χ1) is 7.67. The number of hydrogen-bond acceptors (Lipinski definition) is 3. The van der Waals surface area contributed by atoms with E-state index in [-0.39, 0.29) is 6.04 Å². The van der Waals surface area contributed by atoms with Crippen molar-refractivity contribution in [3.05, 3.63) is 0 Å². The third-order valence-corrected chi connectivity index (χ3v) is 2.57. The summed E-state index contributed by atoms with van der Waals surface area (Å²) in [6.45, 7) is 6.51. The molecule has 0 radical (unpaired) electrons. The first-order valence-electron chi connectivity index (χ1n) is 6.13. The van der Waals surface area contributed by atoms with Crippen LogP contribution >= 0.6 is 0 Å². The number of carboxylic acids is 1. The third kappa shape index (κ3) is 6.08. The zero-order valence-corrected chi connectivity index (χ0v) is 10.7. The highest BCUT2D eigenvalue weighted by atomic mass is 16.5. The lowest BCUT2D eigenvalue weighted by Gasteiger charge is -2.28. The smallest absolute Gasteiger partial charge is 0.320 e. The van der Waals surface area contributed by atoms with E-state index < -0.39 is 5.97 Å². The Morgan fingerprint density at radius 2 is 1.88 bits per heavy atom. The summed E-state index contributed by atoms with van der Waals surface area (Å²) in [5.74, 6) is -0.710. The lowest BCUT2D eigenvalue weighted by Crippen LogP contribution is -2.42. The maximum atomic E-state index is 11.2. The van der Waals surface area contributed by atoms with E-state index in [1.165, 1.54) is 0 Å². The second-order valence-electron chi connectivity index (χ2n) is 4.03. The van der Waals surface area contributed by atoms with Crippen LogP contribution in [0.3, 0.4) is 0 Å². The van der Waals surface area contributed by atoms with Crippen molar-refractivity contribution in [2.75, 3.05) is 26.8 Å². The highest BCUT2D eigenvalue weighted by Crippen LogP contribution is 2.09. The third-order valence-electron chi connectivity index (χ3n) is 2.57. The number of methoxy groups -OCH3 is 1. The monoisotopic (exact) mass is 231 g/mol. The van der Waals surface area contributed by atoms with Gasteiger partial charge in [-0.25, -0.2) is 0 Å². The molecule has 0 fully saturated rings. The van der Waals surface area contributed by atoms with Crippen molar-refractivity contribution in [3.8, 4) is 0 Å². The fraction of sp³-hybridized carbons (Fsp3) is 0.917. The molecule has 0 aromatic carbocycles. The van der Waals surface area contributed by atoms with Crippen molar-refractivity contribution in [1.82, 2.24) is 4.90 Å². The van der Waals surface area contributed by atoms with Crippen LogP contribution in [0.4, 0.5) is 0 Å². The van der Waals surface area contributed by atoms with Crippen LogP contribution in [0, 0.1) is 0 Å². The van der Waals surface area contributed by atoms with Gasteiger partial charge in [-0.05, 0) is 38.8 Å². The van der Waals surface area contributed by atoms with Crippen LogP contribution in [0.2, 0.25) is 0 Å². The van der Waals surface area contributed by atoms with Crippen LogP contribution in [0.1, 0.15) is 39.5 Å². The summed E-state index contributed by atoms with van der Waals surface area (Å²) >= 11 is 0. The van der Waals surface area contributed by atoms with Gasteiger partial charge in [-0.3, -0.25) is 9.69 Å². The molecule has 0 rings (SSSR count). The standard InChI is InChI=1S/C12H25NO3/c1-4-8-13(9-5-2)11(12(14)15)7-6-10-16-3/h11H,4-10H2,1-3H3,(H,14,15). The molecule has 1 N–H and O–H groups in total. The van der Waals surface area contributed by atoms with Crippen molar-refractivity contribution in [3.63, 3.8) is 0 Å². The van der Waals surface area contributed by atoms with E-state index in [0.29, 0.717) is 13.0 Å². The summed E-state index contributed by atoms with van der Waals surface area (Å²) in [5.41, 5.74) is 0. The van der Waals surface area contributed by atoms with E-state index in [2.05, 4.69) is 18.7 Å². The summed E-state index contributed by atoms with van der Waals surface area (Å²) in [6.07, 6.45) is 3.46. The molecule has 0 aliphatic carbocycles. The molecule has 0 aliphatic rings. The summed E-state index contributed by atoms with van der Waals surface area (Å²) < 4.78 is 4.96. The zero-order valence-electron chi connectivity index (χ0n) is 10.7. The molecule has 4 heteroatoms. The summed E-state index contributed by atoms with van der Waals surface area (Å²) in [7, 11) is 1.64. The molecular weight excluding hydrogens is 206 g/mol. The molecule has 0 aromatic heterocycles. The van der Waals surface area contributed by atoms with Gasteiger partial charge in [0.15, 0.2) is 0 Å². The fourth-order valence-electron chi connectivity index (χ4n) is 1.88. The average Bonchev–Trinajstić information content (AvgIpc) is 2.24. The molecule has 16 heavy (non-hydrogen) atoms. The maximum Gasteiger partial charge on any atom is 0.320 e. The highest BCUT2D eigenvalue weighted by molar-refractivity contribution is 5.73. The van der Waals surface area contributed by atoms with Crippen LogP contribution in [0.15, 0.2) is 0 Å². The molecule has 0 heterocycles. The van der Waals surface area contributed by atoms with Crippen molar-refractivity contribution in [2.24, 2.45) is 0 Å². The second-order valence-corrected chi connectivity index (χ2v) is 4.03. The Labute approximate surface area is 98.6 Å². The maximum absolute atomic E-state index is 11.2. The van der Waals surface area contributed by atoms with Crippen LogP contribution < -0.4 is 0 Å². The predicted molar refractivity (Wildman–Crippen MR) is 64.7 cm³/mol. The molecule has 0 aliphatic heterocycles. The molecule has 1 unspecified atom stereocenters. The Morgan fingerprint density at radius 1 is 1.31 bits per heavy atom. The van der Waals surface area contributed by atoms with Gasteiger partial charge in [0.05, 0.1) is 0 Å². The molecule has 0 amide bonds. The van der Waals surface area contributed by atoms with Crippen molar-refractivity contribution < 1.29 is 14.6 Å². The van der Waals surface area contributed by atoms with E-state index in [4.69, 9.17) is 4.74 Å². The quantitative estimate of drug-likeness (QED) is 0.584. The summed E-state index contributed by atoms with van der Waals surface area (Å²) in [6, 6.07) is -0.352. The molecule has 0 aromatic rings. The van der Waals surface area contributed by atoms with Gasteiger partial charge in [-0.1, -0.05) is 13.8 Å². The molecule has 0 spiro atoms. The molecule has 1 atom stereocenters. The van der Waals surface area contributed by atoms with Crippen molar-refractivity contribution in [1.29, 1.82) is 0 Å². The minimum Gasteiger partial charge on any atom is -0.480 e. The minimum absolute atomic E-state index is 0.352. The van der Waals surface area contributed by atoms with E-state index in [1.807, 2.05) is 0 Å². The lowest BCUT2D eigenvalue weighted by atomic mass is 10.1. The number of carbonyl (C=O) groups is 1. The largest absolute Gasteiger partial charge is 0.480 e. The Morgan fingerprint density at radius 3 is 2.25 bits per heavy atom. The van der Waals surface area contributed by atoms with Gasteiger partial charge < -0.3 is 9.84 Å². The van der Waals surface area contributed by atoms with Crippen LogP contribution in [0.25, 0.3) is 0 Å². The number of rotatable bonds is 10. The van der Waals surface area contributed by atoms with Gasteiger partial charge in [-0.2, -0.15) is 0 Å². The topological polar surface area (TPSA) is 49.8 Å². The molecule has 4 nitrogen and oxygen atoms in total. The Kier molecular flexibility index (Phi) is 9.24. The number of hydrogen-bond donors (Lipinski definition) is 1. The van der Waals surface area contributed by atoms with E-state index in [9.17, 15) is 9.90 Å². The van der Waals surface area contributed by atoms with E-state index in [0.717, 1.165) is 32.4 Å². The SMILES string of the molecule is CCCN(CCC)C(CCCOC)C(=O)O. The minimum atomic E-state index is -0.710. The van der Waals surface area contributed by atoms with E-state index >= 15 is 0 Å². The number of nitrogens with zero attached hydrogens (tertiary/aromatic N) is 1. The summed E-state index contributed by atoms with van der Waals surface area (Å²) in [5, 5.41) is 9.21. The van der Waals surface area contributed by atoms with Gasteiger partial charge in [0, 0.05) is 13.7 Å². The molecule has 0 bridgehead atoms. The lowest BCUT2D eigenvalue weighted by molar-refractivity contribution is -0.143. The number of aliphatic carboxylic acids is 1. The Balaban J connectivity index is 4.26. The highest BCUT2D eigenvalue weighted by Gasteiger charge is 2.23. The molecule has 0 saturated heterocycles. The Bertz CT molecular complexity index is 179. The average molecular weight is 231 g/mol. The zero-order chi connectivity index (χ0) is 12.4. The fourth-order valence-corrected chi connectivity index (χ4v) is 1.88. The first-order valence-corrected chi connectivity index (χ1v) is 6.13. The van der Waals surface area contributed by atoms with Gasteiger partial charge in [0.1, 0.15) is 6.04 Å². The van der Waals surface area contributed by atoms with E-state index in [1.54, 1.807) is 7.11 Å². The van der Waals surface area contributed by atoms with Crippen molar-refractivity contribution >= 4 is 5.97 Å². The Hall–Kier alpha value is -0.610. The molecule has 0 saturated carbocycles. The van der Waals surface area contributed by atoms with Gasteiger partial charge >= 0.3 is 5.97 Å². The van der Waals surface area contributed by atoms with Crippen LogP contribution in [0.5, 0.6) is 0 Å². The number of ether oxygens (including phenoxy) is 1. The predicted octanol–water partition coefficient (Wildman–Crippen LogP) is 1.99. The van der Waals surface area contributed by atoms with Gasteiger partial charge in [0.25, 0.3) is 0 Å². The first kappa shape index (κ1) is 15.4.